The molecule has 2 unspecified atom stereocenters. The summed E-state index contributed by atoms with van der Waals surface area (Å²) < 4.78 is 10.8. The molecule has 0 N–H and O–H groups in total. The number of rotatable bonds is 4. The molecule has 1 fully saturated rings. The van der Waals surface area contributed by atoms with E-state index in [0.29, 0.717) is 12.8 Å². The lowest BCUT2D eigenvalue weighted by atomic mass is 9.87. The molecule has 5 heteroatoms. The van der Waals surface area contributed by atoms with Crippen molar-refractivity contribution in [1.29, 1.82) is 0 Å². The molecule has 120 valence electrons. The first kappa shape index (κ1) is 16.5. The Labute approximate surface area is 131 Å². The number of esters is 1. The van der Waals surface area contributed by atoms with Gasteiger partial charge in [0.05, 0.1) is 13.7 Å². The van der Waals surface area contributed by atoms with E-state index in [-0.39, 0.29) is 12.0 Å². The van der Waals surface area contributed by atoms with Crippen LogP contribution in [0.2, 0.25) is 0 Å². The van der Waals surface area contributed by atoms with Crippen LogP contribution < -0.4 is 0 Å². The fourth-order valence-corrected chi connectivity index (χ4v) is 2.92. The quantitative estimate of drug-likeness (QED) is 0.631. The summed E-state index contributed by atoms with van der Waals surface area (Å²) >= 11 is 0. The Bertz CT molecular complexity index is 537. The van der Waals surface area contributed by atoms with Crippen LogP contribution in [0.15, 0.2) is 30.3 Å². The Morgan fingerprint density at radius 2 is 2.05 bits per heavy atom. The molecule has 2 atom stereocenters. The fourth-order valence-electron chi connectivity index (χ4n) is 2.92. The van der Waals surface area contributed by atoms with Crippen molar-refractivity contribution < 1.29 is 19.1 Å². The molecular weight excluding hydrogens is 282 g/mol. The third-order valence-corrected chi connectivity index (χ3v) is 3.99. The zero-order valence-corrected chi connectivity index (χ0v) is 13.5. The van der Waals surface area contributed by atoms with Gasteiger partial charge in [-0.25, -0.2) is 4.79 Å². The van der Waals surface area contributed by atoms with Gasteiger partial charge in [0.15, 0.2) is 5.54 Å². The van der Waals surface area contributed by atoms with Crippen molar-refractivity contribution in [2.24, 2.45) is 5.41 Å². The molecule has 22 heavy (non-hydrogen) atoms. The maximum atomic E-state index is 12.5. The van der Waals surface area contributed by atoms with Crippen molar-refractivity contribution in [3.05, 3.63) is 35.9 Å². The first-order chi connectivity index (χ1) is 10.3. The molecule has 5 nitrogen and oxygen atoms in total. The molecule has 0 saturated carbocycles. The number of benzene rings is 1. The summed E-state index contributed by atoms with van der Waals surface area (Å²) in [5.41, 5.74) is -0.457. The molecule has 0 radical (unpaired) electrons. The SMILES string of the molecule is COC(=O)C1(Cc2ccccc2)COC(C(C)(C)C)N1C=O. The zero-order valence-electron chi connectivity index (χ0n) is 13.5. The van der Waals surface area contributed by atoms with Gasteiger partial charge in [0.2, 0.25) is 6.41 Å². The highest BCUT2D eigenvalue weighted by Gasteiger charge is 2.56. The average Bonchev–Trinajstić information content (AvgIpc) is 2.87. The van der Waals surface area contributed by atoms with Gasteiger partial charge in [-0.05, 0) is 5.56 Å². The average molecular weight is 305 g/mol. The summed E-state index contributed by atoms with van der Waals surface area (Å²) in [5, 5.41) is 0. The van der Waals surface area contributed by atoms with Crippen LogP contribution in [-0.4, -0.2) is 42.8 Å². The monoisotopic (exact) mass is 305 g/mol. The van der Waals surface area contributed by atoms with Crippen molar-refractivity contribution >= 4 is 12.4 Å². The van der Waals surface area contributed by atoms with Gasteiger partial charge in [0.1, 0.15) is 6.23 Å². The van der Waals surface area contributed by atoms with Crippen LogP contribution in [0.5, 0.6) is 0 Å². The molecule has 1 aromatic carbocycles. The maximum absolute atomic E-state index is 12.5. The van der Waals surface area contributed by atoms with Crippen LogP contribution in [0.1, 0.15) is 26.3 Å². The molecule has 0 spiro atoms. The van der Waals surface area contributed by atoms with Gasteiger partial charge in [0, 0.05) is 11.8 Å². The Morgan fingerprint density at radius 3 is 2.55 bits per heavy atom. The molecule has 0 aromatic heterocycles. The van der Waals surface area contributed by atoms with E-state index in [0.717, 1.165) is 5.56 Å². The smallest absolute Gasteiger partial charge is 0.334 e. The van der Waals surface area contributed by atoms with E-state index in [4.69, 9.17) is 9.47 Å². The second-order valence-corrected chi connectivity index (χ2v) is 6.73. The minimum Gasteiger partial charge on any atom is -0.467 e. The summed E-state index contributed by atoms with van der Waals surface area (Å²) in [6.45, 7) is 6.06. The van der Waals surface area contributed by atoms with Gasteiger partial charge in [-0.15, -0.1) is 0 Å². The van der Waals surface area contributed by atoms with Crippen molar-refractivity contribution in [2.75, 3.05) is 13.7 Å². The van der Waals surface area contributed by atoms with Crippen molar-refractivity contribution in [3.63, 3.8) is 0 Å². The molecule has 1 heterocycles. The molecule has 1 amide bonds. The van der Waals surface area contributed by atoms with E-state index in [2.05, 4.69) is 0 Å². The van der Waals surface area contributed by atoms with Crippen LogP contribution in [0.4, 0.5) is 0 Å². The van der Waals surface area contributed by atoms with Crippen LogP contribution in [-0.2, 0) is 25.5 Å². The van der Waals surface area contributed by atoms with Crippen molar-refractivity contribution in [2.45, 2.75) is 39.0 Å². The minimum atomic E-state index is -1.12. The molecule has 1 aliphatic heterocycles. The van der Waals surface area contributed by atoms with Gasteiger partial charge in [-0.3, -0.25) is 9.69 Å². The number of methoxy groups -OCH3 is 1. The first-order valence-electron chi connectivity index (χ1n) is 7.33. The second kappa shape index (κ2) is 6.08. The topological polar surface area (TPSA) is 55.8 Å². The minimum absolute atomic E-state index is 0.134. The van der Waals surface area contributed by atoms with Crippen molar-refractivity contribution in [1.82, 2.24) is 4.90 Å². The number of ether oxygens (including phenoxy) is 2. The number of nitrogens with zero attached hydrogens (tertiary/aromatic N) is 1. The Kier molecular flexibility index (Phi) is 4.56. The summed E-state index contributed by atoms with van der Waals surface area (Å²) in [6.07, 6.45) is 0.599. The lowest BCUT2D eigenvalue weighted by Crippen LogP contribution is -2.58. The number of hydrogen-bond acceptors (Lipinski definition) is 4. The van der Waals surface area contributed by atoms with E-state index >= 15 is 0 Å². The fraction of sp³-hybridized carbons (Fsp3) is 0.529. The predicted molar refractivity (Wildman–Crippen MR) is 82.0 cm³/mol. The molecule has 0 aliphatic carbocycles. The van der Waals surface area contributed by atoms with E-state index < -0.39 is 17.7 Å². The van der Waals surface area contributed by atoms with E-state index in [1.807, 2.05) is 51.1 Å². The zero-order chi connectivity index (χ0) is 16.4. The molecule has 2 rings (SSSR count). The molecule has 1 saturated heterocycles. The summed E-state index contributed by atoms with van der Waals surface area (Å²) in [4.78, 5) is 25.7. The Hall–Kier alpha value is -1.88. The number of hydrogen-bond donors (Lipinski definition) is 0. The highest BCUT2D eigenvalue weighted by atomic mass is 16.5. The highest BCUT2D eigenvalue weighted by Crippen LogP contribution is 2.38. The first-order valence-corrected chi connectivity index (χ1v) is 7.33. The predicted octanol–water partition coefficient (Wildman–Crippen LogP) is 2.00. The van der Waals surface area contributed by atoms with Crippen LogP contribution >= 0.6 is 0 Å². The highest BCUT2D eigenvalue weighted by molar-refractivity contribution is 5.84. The number of carbonyl (C=O) groups is 2. The maximum Gasteiger partial charge on any atom is 0.334 e. The van der Waals surface area contributed by atoms with Gasteiger partial charge >= 0.3 is 5.97 Å². The Balaban J connectivity index is 2.42. The molecule has 1 aliphatic rings. The lowest BCUT2D eigenvalue weighted by molar-refractivity contribution is -0.158. The van der Waals surface area contributed by atoms with Crippen LogP contribution in [0.25, 0.3) is 0 Å². The van der Waals surface area contributed by atoms with Gasteiger partial charge in [-0.2, -0.15) is 0 Å². The van der Waals surface area contributed by atoms with Crippen LogP contribution in [0, 0.1) is 5.41 Å². The van der Waals surface area contributed by atoms with Crippen molar-refractivity contribution in [3.8, 4) is 0 Å². The van der Waals surface area contributed by atoms with Gasteiger partial charge in [0.25, 0.3) is 0 Å². The normalized spacial score (nSPS) is 25.1. The number of carbonyl (C=O) groups excluding carboxylic acids is 2. The third-order valence-electron chi connectivity index (χ3n) is 3.99. The van der Waals surface area contributed by atoms with Crippen LogP contribution in [0.3, 0.4) is 0 Å². The Morgan fingerprint density at radius 1 is 1.41 bits per heavy atom. The third kappa shape index (κ3) is 2.86. The molecule has 1 aromatic rings. The summed E-state index contributed by atoms with van der Waals surface area (Å²) in [6, 6.07) is 9.58. The number of amides is 1. The van der Waals surface area contributed by atoms with Gasteiger partial charge < -0.3 is 9.47 Å². The standard InChI is InChI=1S/C17H23NO4/c1-16(2,3)14-18(12-19)17(11-22-14,15(20)21-4)10-13-8-6-5-7-9-13/h5-9,12,14H,10-11H2,1-4H3. The second-order valence-electron chi connectivity index (χ2n) is 6.73. The largest absolute Gasteiger partial charge is 0.467 e. The van der Waals surface area contributed by atoms with Gasteiger partial charge in [-0.1, -0.05) is 51.1 Å². The summed E-state index contributed by atoms with van der Waals surface area (Å²) in [5.74, 6) is -0.449. The molecule has 0 bridgehead atoms. The van der Waals surface area contributed by atoms with E-state index in [1.54, 1.807) is 0 Å². The summed E-state index contributed by atoms with van der Waals surface area (Å²) in [7, 11) is 1.34. The van der Waals surface area contributed by atoms with E-state index in [9.17, 15) is 9.59 Å². The molecular formula is C17H23NO4. The van der Waals surface area contributed by atoms with E-state index in [1.165, 1.54) is 12.0 Å². The lowest BCUT2D eigenvalue weighted by Gasteiger charge is -2.38.